The summed E-state index contributed by atoms with van der Waals surface area (Å²) in [5, 5.41) is 12.3. The third-order valence-electron chi connectivity index (χ3n) is 3.26. The van der Waals surface area contributed by atoms with E-state index in [2.05, 4.69) is 10.3 Å². The van der Waals surface area contributed by atoms with Gasteiger partial charge >= 0.3 is 5.97 Å². The highest BCUT2D eigenvalue weighted by atomic mass is 35.5. The summed E-state index contributed by atoms with van der Waals surface area (Å²) < 4.78 is 0. The van der Waals surface area contributed by atoms with Gasteiger partial charge in [0, 0.05) is 28.0 Å². The minimum Gasteiger partial charge on any atom is -0.477 e. The van der Waals surface area contributed by atoms with Crippen LogP contribution >= 0.6 is 11.6 Å². The number of nitrogens with one attached hydrogen (secondary N) is 2. The van der Waals surface area contributed by atoms with Crippen molar-refractivity contribution in [2.24, 2.45) is 0 Å². The molecule has 0 aliphatic carbocycles. The lowest BCUT2D eigenvalue weighted by atomic mass is 10.1. The number of aromatic carboxylic acids is 1. The monoisotopic (exact) mass is 318 g/mol. The molecule has 0 atom stereocenters. The summed E-state index contributed by atoms with van der Waals surface area (Å²) >= 11 is 5.84. The van der Waals surface area contributed by atoms with Gasteiger partial charge < -0.3 is 15.4 Å². The van der Waals surface area contributed by atoms with Crippen LogP contribution in [0.1, 0.15) is 27.3 Å². The Hall–Kier alpha value is -2.53. The lowest BCUT2D eigenvalue weighted by Gasteiger charge is -2.02. The molecule has 0 saturated carbocycles. The second-order valence-electron chi connectivity index (χ2n) is 4.80. The molecule has 5 nitrogen and oxygen atoms in total. The highest BCUT2D eigenvalue weighted by Gasteiger charge is 2.15. The molecular formula is C16H15ClN2O3. The van der Waals surface area contributed by atoms with Gasteiger partial charge in [-0.05, 0) is 43.7 Å². The van der Waals surface area contributed by atoms with E-state index in [1.54, 1.807) is 38.1 Å². The fourth-order valence-corrected chi connectivity index (χ4v) is 2.21. The second-order valence-corrected chi connectivity index (χ2v) is 5.24. The van der Waals surface area contributed by atoms with E-state index in [-0.39, 0.29) is 11.6 Å². The van der Waals surface area contributed by atoms with Gasteiger partial charge in [0.05, 0.1) is 0 Å². The first kappa shape index (κ1) is 15.9. The average Bonchev–Trinajstić information content (AvgIpc) is 2.73. The van der Waals surface area contributed by atoms with Crippen molar-refractivity contribution in [2.75, 3.05) is 5.32 Å². The number of hydrogen-bond donors (Lipinski definition) is 3. The third kappa shape index (κ3) is 3.56. The lowest BCUT2D eigenvalue weighted by Crippen LogP contribution is -2.07. The van der Waals surface area contributed by atoms with Crippen molar-refractivity contribution in [3.05, 3.63) is 57.9 Å². The molecule has 114 valence electrons. The number of hydrogen-bond acceptors (Lipinski definition) is 2. The largest absolute Gasteiger partial charge is 0.477 e. The molecule has 1 aromatic heterocycles. The summed E-state index contributed by atoms with van der Waals surface area (Å²) in [5.74, 6) is -1.43. The first-order valence-electron chi connectivity index (χ1n) is 6.55. The van der Waals surface area contributed by atoms with E-state index in [9.17, 15) is 9.59 Å². The fraction of sp³-hybridized carbons (Fsp3) is 0.125. The van der Waals surface area contributed by atoms with Crippen molar-refractivity contribution in [3.63, 3.8) is 0 Å². The Bertz CT molecular complexity index is 763. The zero-order valence-electron chi connectivity index (χ0n) is 12.1. The van der Waals surface area contributed by atoms with E-state index in [0.29, 0.717) is 16.3 Å². The Labute approximate surface area is 132 Å². The standard InChI is InChI=1S/C16H15ClN2O3/c1-9-10(2)18-15(16(21)22)13(9)6-7-14(20)19-12-5-3-4-11(17)8-12/h3-8,18H,1-2H3,(H,19,20)(H,21,22)/b7-6+. The van der Waals surface area contributed by atoms with Gasteiger partial charge in [-0.25, -0.2) is 4.79 Å². The van der Waals surface area contributed by atoms with E-state index < -0.39 is 5.97 Å². The van der Waals surface area contributed by atoms with Gasteiger partial charge in [-0.2, -0.15) is 0 Å². The number of H-pyrrole nitrogens is 1. The molecule has 1 amide bonds. The number of aromatic amines is 1. The summed E-state index contributed by atoms with van der Waals surface area (Å²) in [6.07, 6.45) is 2.78. The van der Waals surface area contributed by atoms with Crippen LogP contribution in [-0.4, -0.2) is 22.0 Å². The number of benzene rings is 1. The van der Waals surface area contributed by atoms with Gasteiger partial charge in [-0.1, -0.05) is 17.7 Å². The van der Waals surface area contributed by atoms with Crippen LogP contribution in [0.2, 0.25) is 5.02 Å². The number of carboxylic acid groups (broad SMARTS) is 1. The molecule has 0 aliphatic heterocycles. The molecule has 22 heavy (non-hydrogen) atoms. The summed E-state index contributed by atoms with van der Waals surface area (Å²) in [7, 11) is 0. The topological polar surface area (TPSA) is 82.2 Å². The number of anilines is 1. The molecule has 0 unspecified atom stereocenters. The number of carbonyl (C=O) groups is 2. The number of amides is 1. The molecule has 0 fully saturated rings. The predicted octanol–water partition coefficient (Wildman–Crippen LogP) is 3.64. The maximum Gasteiger partial charge on any atom is 0.352 e. The minimum atomic E-state index is -1.06. The smallest absolute Gasteiger partial charge is 0.352 e. The third-order valence-corrected chi connectivity index (χ3v) is 3.49. The van der Waals surface area contributed by atoms with Gasteiger partial charge in [0.1, 0.15) is 5.69 Å². The van der Waals surface area contributed by atoms with Crippen molar-refractivity contribution in [1.29, 1.82) is 0 Å². The van der Waals surface area contributed by atoms with Gasteiger partial charge in [-0.3, -0.25) is 4.79 Å². The van der Waals surface area contributed by atoms with Crippen molar-refractivity contribution in [2.45, 2.75) is 13.8 Å². The maximum absolute atomic E-state index is 11.9. The number of carboxylic acids is 1. The Balaban J connectivity index is 2.18. The maximum atomic E-state index is 11.9. The average molecular weight is 319 g/mol. The molecule has 6 heteroatoms. The summed E-state index contributed by atoms with van der Waals surface area (Å²) in [5.41, 5.74) is 2.69. The highest BCUT2D eigenvalue weighted by molar-refractivity contribution is 6.30. The summed E-state index contributed by atoms with van der Waals surface area (Å²) in [6, 6.07) is 6.77. The molecule has 0 bridgehead atoms. The van der Waals surface area contributed by atoms with E-state index >= 15 is 0 Å². The Morgan fingerprint density at radius 2 is 2.05 bits per heavy atom. The molecule has 1 aromatic carbocycles. The van der Waals surface area contributed by atoms with Gasteiger partial charge in [0.15, 0.2) is 0 Å². The molecule has 3 N–H and O–H groups in total. The van der Waals surface area contributed by atoms with Crippen LogP contribution in [0.15, 0.2) is 30.3 Å². The Morgan fingerprint density at radius 3 is 2.68 bits per heavy atom. The normalized spacial score (nSPS) is 10.9. The number of rotatable bonds is 4. The van der Waals surface area contributed by atoms with E-state index in [1.807, 2.05) is 0 Å². The lowest BCUT2D eigenvalue weighted by molar-refractivity contribution is -0.111. The number of aromatic nitrogens is 1. The Morgan fingerprint density at radius 1 is 1.32 bits per heavy atom. The SMILES string of the molecule is Cc1[nH]c(C(=O)O)c(/C=C/C(=O)Nc2cccc(Cl)c2)c1C. The zero-order chi connectivity index (χ0) is 16.3. The molecule has 0 aliphatic rings. The first-order chi connectivity index (χ1) is 10.4. The van der Waals surface area contributed by atoms with Gasteiger partial charge in [0.25, 0.3) is 0 Å². The van der Waals surface area contributed by atoms with Gasteiger partial charge in [0.2, 0.25) is 5.91 Å². The Kier molecular flexibility index (Phi) is 4.68. The van der Waals surface area contributed by atoms with E-state index in [0.717, 1.165) is 11.3 Å². The molecule has 2 aromatic rings. The second kappa shape index (κ2) is 6.49. The van der Waals surface area contributed by atoms with Gasteiger partial charge in [-0.15, -0.1) is 0 Å². The number of halogens is 1. The van der Waals surface area contributed by atoms with Crippen LogP contribution in [0, 0.1) is 13.8 Å². The molecule has 2 rings (SSSR count). The quantitative estimate of drug-likeness (QED) is 0.753. The molecule has 1 heterocycles. The van der Waals surface area contributed by atoms with Crippen LogP contribution in [0.3, 0.4) is 0 Å². The molecule has 0 spiro atoms. The van der Waals surface area contributed by atoms with Crippen molar-refractivity contribution < 1.29 is 14.7 Å². The van der Waals surface area contributed by atoms with E-state index in [1.165, 1.54) is 12.2 Å². The minimum absolute atomic E-state index is 0.0711. The van der Waals surface area contributed by atoms with Crippen LogP contribution in [0.4, 0.5) is 5.69 Å². The van der Waals surface area contributed by atoms with Crippen molar-refractivity contribution >= 4 is 35.2 Å². The van der Waals surface area contributed by atoms with Crippen molar-refractivity contribution in [3.8, 4) is 0 Å². The molecule has 0 radical (unpaired) electrons. The van der Waals surface area contributed by atoms with E-state index in [4.69, 9.17) is 16.7 Å². The molecular weight excluding hydrogens is 304 g/mol. The van der Waals surface area contributed by atoms with Crippen molar-refractivity contribution in [1.82, 2.24) is 4.98 Å². The fourth-order valence-electron chi connectivity index (χ4n) is 2.02. The van der Waals surface area contributed by atoms with Crippen LogP contribution in [0.25, 0.3) is 6.08 Å². The van der Waals surface area contributed by atoms with Crippen LogP contribution < -0.4 is 5.32 Å². The predicted molar refractivity (Wildman–Crippen MR) is 86.3 cm³/mol. The summed E-state index contributed by atoms with van der Waals surface area (Å²) in [6.45, 7) is 3.58. The molecule has 0 saturated heterocycles. The first-order valence-corrected chi connectivity index (χ1v) is 6.93. The number of carbonyl (C=O) groups excluding carboxylic acids is 1. The zero-order valence-corrected chi connectivity index (χ0v) is 12.9. The number of aryl methyl sites for hydroxylation is 1. The van der Waals surface area contributed by atoms with Crippen LogP contribution in [0.5, 0.6) is 0 Å². The van der Waals surface area contributed by atoms with Crippen LogP contribution in [-0.2, 0) is 4.79 Å². The summed E-state index contributed by atoms with van der Waals surface area (Å²) in [4.78, 5) is 25.9. The highest BCUT2D eigenvalue weighted by Crippen LogP contribution is 2.20.